The fraction of sp³-hybridized carbons (Fsp3) is 0.333. The lowest BCUT2D eigenvalue weighted by Crippen LogP contribution is -1.93. The van der Waals surface area contributed by atoms with Crippen LogP contribution in [0.2, 0.25) is 0 Å². The van der Waals surface area contributed by atoms with Crippen molar-refractivity contribution in [2.24, 2.45) is 5.41 Å². The molecule has 0 aliphatic heterocycles. The monoisotopic (exact) mass is 280 g/mol. The molecule has 0 nitrogen and oxygen atoms in total. The van der Waals surface area contributed by atoms with Crippen molar-refractivity contribution in [3.8, 4) is 0 Å². The van der Waals surface area contributed by atoms with Gasteiger partial charge in [0.05, 0.1) is 0 Å². The summed E-state index contributed by atoms with van der Waals surface area (Å²) in [5.74, 6) is 0. The molecule has 0 aliphatic carbocycles. The van der Waals surface area contributed by atoms with Gasteiger partial charge in [-0.1, -0.05) is 90.1 Å². The molecule has 0 saturated carbocycles. The maximum Gasteiger partial charge on any atom is -0.0178 e. The van der Waals surface area contributed by atoms with Crippen LogP contribution in [0, 0.1) is 5.41 Å². The molecule has 0 N–H and O–H groups in total. The molecule has 0 aromatic heterocycles. The van der Waals surface area contributed by atoms with Crippen molar-refractivity contribution in [3.63, 3.8) is 0 Å². The fourth-order valence-corrected chi connectivity index (χ4v) is 1.88. The molecule has 0 spiro atoms. The van der Waals surface area contributed by atoms with Gasteiger partial charge >= 0.3 is 0 Å². The molecule has 0 atom stereocenters. The van der Waals surface area contributed by atoms with E-state index >= 15 is 0 Å². The first-order valence-electron chi connectivity index (χ1n) is 7.81. The van der Waals surface area contributed by atoms with Gasteiger partial charge in [-0.25, -0.2) is 0 Å². The van der Waals surface area contributed by atoms with E-state index in [9.17, 15) is 0 Å². The van der Waals surface area contributed by atoms with Crippen LogP contribution in [0.3, 0.4) is 0 Å². The van der Waals surface area contributed by atoms with E-state index < -0.39 is 0 Å². The van der Waals surface area contributed by atoms with E-state index in [0.717, 1.165) is 0 Å². The normalized spacial score (nSPS) is 10.4. The van der Waals surface area contributed by atoms with Crippen LogP contribution in [-0.2, 0) is 0 Å². The predicted molar refractivity (Wildman–Crippen MR) is 97.9 cm³/mol. The van der Waals surface area contributed by atoms with Gasteiger partial charge in [-0.05, 0) is 39.1 Å². The summed E-state index contributed by atoms with van der Waals surface area (Å²) in [5.41, 5.74) is 0.500. The number of benzene rings is 3. The third-order valence-corrected chi connectivity index (χ3v) is 2.61. The van der Waals surface area contributed by atoms with Crippen LogP contribution in [0.1, 0.15) is 41.5 Å². The van der Waals surface area contributed by atoms with Gasteiger partial charge in [0.2, 0.25) is 0 Å². The first kappa shape index (κ1) is 17.2. The first-order valence-corrected chi connectivity index (χ1v) is 7.81. The minimum Gasteiger partial charge on any atom is -0.0683 e. The molecule has 112 valence electrons. The maximum absolute atomic E-state index is 2.24. The number of hydrogen-bond donors (Lipinski definition) is 0. The van der Waals surface area contributed by atoms with Gasteiger partial charge < -0.3 is 0 Å². The van der Waals surface area contributed by atoms with Crippen molar-refractivity contribution in [2.75, 3.05) is 0 Å². The Balaban J connectivity index is 0.000000272. The van der Waals surface area contributed by atoms with Crippen molar-refractivity contribution >= 4 is 21.5 Å². The highest BCUT2D eigenvalue weighted by molar-refractivity contribution is 5.98. The van der Waals surface area contributed by atoms with E-state index in [1.165, 1.54) is 21.5 Å². The summed E-state index contributed by atoms with van der Waals surface area (Å²) in [7, 11) is 0. The van der Waals surface area contributed by atoms with Gasteiger partial charge in [0.15, 0.2) is 0 Å². The molecule has 0 unspecified atom stereocenters. The summed E-state index contributed by atoms with van der Waals surface area (Å²) in [6, 6.07) is 21.4. The lowest BCUT2D eigenvalue weighted by atomic mass is 10.0. The van der Waals surface area contributed by atoms with Gasteiger partial charge in [0.1, 0.15) is 0 Å². The first-order chi connectivity index (χ1) is 9.93. The summed E-state index contributed by atoms with van der Waals surface area (Å²) in [4.78, 5) is 0. The van der Waals surface area contributed by atoms with Crippen LogP contribution >= 0.6 is 0 Å². The summed E-state index contributed by atoms with van der Waals surface area (Å²) in [6.07, 6.45) is 0. The summed E-state index contributed by atoms with van der Waals surface area (Å²) < 4.78 is 0. The molecular formula is C21H28. The van der Waals surface area contributed by atoms with Crippen LogP contribution in [-0.4, -0.2) is 0 Å². The number of fused-ring (bicyclic) bond motifs is 2. The molecule has 3 aromatic rings. The van der Waals surface area contributed by atoms with E-state index in [0.29, 0.717) is 5.41 Å². The van der Waals surface area contributed by atoms with Crippen LogP contribution in [0.5, 0.6) is 0 Å². The molecule has 0 heteroatoms. The highest BCUT2D eigenvalue weighted by Gasteiger charge is 1.96. The summed E-state index contributed by atoms with van der Waals surface area (Å²) in [5, 5.41) is 5.25. The summed E-state index contributed by atoms with van der Waals surface area (Å²) in [6.45, 7) is 12.8. The van der Waals surface area contributed by atoms with Crippen molar-refractivity contribution in [1.29, 1.82) is 0 Å². The quantitative estimate of drug-likeness (QED) is 0.386. The average Bonchev–Trinajstić information content (AvgIpc) is 2.45. The van der Waals surface area contributed by atoms with Crippen molar-refractivity contribution in [2.45, 2.75) is 41.5 Å². The largest absolute Gasteiger partial charge is 0.0683 e. The minimum absolute atomic E-state index is 0.500. The zero-order valence-electron chi connectivity index (χ0n) is 14.3. The minimum atomic E-state index is 0.500. The Morgan fingerprint density at radius 2 is 0.714 bits per heavy atom. The molecule has 0 radical (unpaired) electrons. The lowest BCUT2D eigenvalue weighted by molar-refractivity contribution is 0.469. The third-order valence-electron chi connectivity index (χ3n) is 2.61. The van der Waals surface area contributed by atoms with Gasteiger partial charge in [0.25, 0.3) is 0 Å². The van der Waals surface area contributed by atoms with Crippen molar-refractivity contribution < 1.29 is 0 Å². The topological polar surface area (TPSA) is 0 Å². The van der Waals surface area contributed by atoms with E-state index in [4.69, 9.17) is 0 Å². The zero-order chi connectivity index (χ0) is 15.9. The van der Waals surface area contributed by atoms with Gasteiger partial charge in [-0.2, -0.15) is 0 Å². The lowest BCUT2D eigenvalue weighted by Gasteiger charge is -2.05. The Bertz CT molecular complexity index is 561. The molecule has 0 heterocycles. The second-order valence-corrected chi connectivity index (χ2v) is 6.55. The van der Waals surface area contributed by atoms with E-state index in [1.807, 2.05) is 13.8 Å². The highest BCUT2D eigenvalue weighted by Crippen LogP contribution is 2.21. The van der Waals surface area contributed by atoms with Crippen molar-refractivity contribution in [1.82, 2.24) is 0 Å². The standard InChI is InChI=1S/C14H10.C5H12.C2H6/c1-2-6-12-10-14-8-4-3-7-13(14)9-11(12)5-1;1-5(2,3)4;1-2/h1-10H;1-4H3;1-2H3. The van der Waals surface area contributed by atoms with E-state index in [2.05, 4.69) is 88.4 Å². The SMILES string of the molecule is CC.CC(C)(C)C.c1ccc2cc3ccccc3cc2c1. The van der Waals surface area contributed by atoms with Gasteiger partial charge in [-0.15, -0.1) is 0 Å². The molecule has 3 aromatic carbocycles. The summed E-state index contributed by atoms with van der Waals surface area (Å²) >= 11 is 0. The molecule has 0 aliphatic rings. The van der Waals surface area contributed by atoms with E-state index in [-0.39, 0.29) is 0 Å². The highest BCUT2D eigenvalue weighted by atomic mass is 14.0. The Labute approximate surface area is 129 Å². The van der Waals surface area contributed by atoms with Gasteiger partial charge in [0, 0.05) is 0 Å². The zero-order valence-corrected chi connectivity index (χ0v) is 14.3. The van der Waals surface area contributed by atoms with Crippen LogP contribution in [0.4, 0.5) is 0 Å². The molecule has 0 bridgehead atoms. The number of hydrogen-bond acceptors (Lipinski definition) is 0. The van der Waals surface area contributed by atoms with Crippen LogP contribution < -0.4 is 0 Å². The Morgan fingerprint density at radius 3 is 0.905 bits per heavy atom. The fourth-order valence-electron chi connectivity index (χ4n) is 1.88. The Morgan fingerprint density at radius 1 is 0.524 bits per heavy atom. The second kappa shape index (κ2) is 7.83. The maximum atomic E-state index is 2.24. The van der Waals surface area contributed by atoms with Crippen molar-refractivity contribution in [3.05, 3.63) is 60.7 Å². The van der Waals surface area contributed by atoms with E-state index in [1.54, 1.807) is 0 Å². The predicted octanol–water partition coefficient (Wildman–Crippen LogP) is 7.07. The Kier molecular flexibility index (Phi) is 6.42. The van der Waals surface area contributed by atoms with Crippen LogP contribution in [0.25, 0.3) is 21.5 Å². The Hall–Kier alpha value is -1.82. The smallest absolute Gasteiger partial charge is 0.0178 e. The molecule has 21 heavy (non-hydrogen) atoms. The molecule has 0 amide bonds. The van der Waals surface area contributed by atoms with Crippen LogP contribution in [0.15, 0.2) is 60.7 Å². The average molecular weight is 280 g/mol. The number of rotatable bonds is 0. The van der Waals surface area contributed by atoms with Gasteiger partial charge in [-0.3, -0.25) is 0 Å². The second-order valence-electron chi connectivity index (χ2n) is 6.55. The molecular weight excluding hydrogens is 252 g/mol. The molecule has 3 rings (SSSR count). The third kappa shape index (κ3) is 5.99. The molecule has 0 saturated heterocycles. The molecule has 0 fully saturated rings.